The molecule has 2 N–H and O–H groups in total. The van der Waals surface area contributed by atoms with E-state index >= 15 is 0 Å². The first-order valence-corrected chi connectivity index (χ1v) is 10.7. The molecule has 0 radical (unpaired) electrons. The van der Waals surface area contributed by atoms with Gasteiger partial charge in [-0.25, -0.2) is 4.79 Å². The van der Waals surface area contributed by atoms with Crippen LogP contribution in [-0.4, -0.2) is 75.4 Å². The number of rotatable bonds is 6. The van der Waals surface area contributed by atoms with Crippen molar-refractivity contribution >= 4 is 17.8 Å². The molecule has 2 unspecified atom stereocenters. The summed E-state index contributed by atoms with van der Waals surface area (Å²) in [6, 6.07) is 3.88. The topological polar surface area (TPSA) is 130 Å². The van der Waals surface area contributed by atoms with E-state index in [9.17, 15) is 4.79 Å². The molecule has 1 aromatic carbocycles. The van der Waals surface area contributed by atoms with Gasteiger partial charge in [0, 0.05) is 19.2 Å². The van der Waals surface area contributed by atoms with Gasteiger partial charge >= 0.3 is 5.97 Å². The van der Waals surface area contributed by atoms with Gasteiger partial charge in [-0.15, -0.1) is 0 Å². The molecule has 1 aromatic rings. The van der Waals surface area contributed by atoms with Crippen molar-refractivity contribution in [1.82, 2.24) is 4.90 Å². The van der Waals surface area contributed by atoms with Gasteiger partial charge in [0.15, 0.2) is 17.5 Å². The number of hydrogen-bond acceptors (Lipinski definition) is 7. The number of quaternary nitrogens is 1. The number of piperidine rings is 1. The van der Waals surface area contributed by atoms with Gasteiger partial charge in [0.25, 0.3) is 0 Å². The molecule has 2 saturated heterocycles. The Morgan fingerprint density at radius 2 is 1.59 bits per heavy atom. The fourth-order valence-corrected chi connectivity index (χ4v) is 4.22. The third-order valence-electron chi connectivity index (χ3n) is 5.79. The van der Waals surface area contributed by atoms with Gasteiger partial charge in [-0.1, -0.05) is 0 Å². The molecule has 2 aliphatic rings. The van der Waals surface area contributed by atoms with E-state index in [0.717, 1.165) is 69.7 Å². The number of amides is 1. The zero-order chi connectivity index (χ0) is 23.7. The molecule has 2 heterocycles. The SMILES string of the molecule is COc1cc(OC)c(OC)cc1C[NH+]1CCCC(C(=O)N2CCCC2)C1.O=C([O-])C(=O)O. The highest BCUT2D eigenvalue weighted by molar-refractivity contribution is 6.26. The lowest BCUT2D eigenvalue weighted by Gasteiger charge is -2.31. The minimum absolute atomic E-state index is 0.156. The number of aliphatic carboxylic acids is 2. The predicted octanol–water partition coefficient (Wildman–Crippen LogP) is -1.05. The number of ether oxygens (including phenoxy) is 3. The van der Waals surface area contributed by atoms with Crippen LogP contribution in [0.1, 0.15) is 31.2 Å². The van der Waals surface area contributed by atoms with Gasteiger partial charge in [0.2, 0.25) is 5.91 Å². The molecule has 2 aliphatic heterocycles. The molecule has 0 saturated carbocycles. The number of carbonyl (C=O) groups is 3. The average molecular weight is 453 g/mol. The van der Waals surface area contributed by atoms with Crippen LogP contribution < -0.4 is 24.2 Å². The second-order valence-corrected chi connectivity index (χ2v) is 7.86. The van der Waals surface area contributed by atoms with Crippen LogP contribution in [0.15, 0.2) is 12.1 Å². The Labute approximate surface area is 187 Å². The van der Waals surface area contributed by atoms with Crippen LogP contribution in [0.2, 0.25) is 0 Å². The van der Waals surface area contributed by atoms with Gasteiger partial charge < -0.3 is 39.0 Å². The maximum atomic E-state index is 12.8. The zero-order valence-corrected chi connectivity index (χ0v) is 18.8. The summed E-state index contributed by atoms with van der Waals surface area (Å²) < 4.78 is 16.4. The molecule has 10 nitrogen and oxygen atoms in total. The number of methoxy groups -OCH3 is 3. The summed E-state index contributed by atoms with van der Waals surface area (Å²) >= 11 is 0. The number of nitrogens with one attached hydrogen (secondary N) is 1. The molecule has 2 atom stereocenters. The van der Waals surface area contributed by atoms with Crippen LogP contribution in [0.3, 0.4) is 0 Å². The van der Waals surface area contributed by atoms with Gasteiger partial charge in [0.05, 0.1) is 45.9 Å². The molecule has 0 aliphatic carbocycles. The summed E-state index contributed by atoms with van der Waals surface area (Å²) in [4.78, 5) is 34.3. The number of carboxylic acid groups (broad SMARTS) is 2. The lowest BCUT2D eigenvalue weighted by Crippen LogP contribution is -3.12. The molecule has 1 amide bonds. The molecule has 2 fully saturated rings. The summed E-state index contributed by atoms with van der Waals surface area (Å²) in [5.41, 5.74) is 1.09. The number of carboxylic acids is 2. The summed E-state index contributed by atoms with van der Waals surface area (Å²) in [5.74, 6) is -1.30. The molecule has 10 heteroatoms. The monoisotopic (exact) mass is 452 g/mol. The van der Waals surface area contributed by atoms with E-state index in [-0.39, 0.29) is 5.92 Å². The minimum Gasteiger partial charge on any atom is -0.539 e. The van der Waals surface area contributed by atoms with Crippen LogP contribution in [-0.2, 0) is 20.9 Å². The lowest BCUT2D eigenvalue weighted by atomic mass is 9.96. The van der Waals surface area contributed by atoms with E-state index in [0.29, 0.717) is 17.4 Å². The van der Waals surface area contributed by atoms with Gasteiger partial charge in [-0.2, -0.15) is 0 Å². The standard InChI is InChI=1S/C20H30N2O4.C2H2O4/c1-24-17-12-19(26-3)18(25-2)11-16(17)14-21-8-6-7-15(13-21)20(23)22-9-4-5-10-22;3-1(4)2(5)6/h11-12,15H,4-10,13-14H2,1-3H3;(H,3,4)(H,5,6). The van der Waals surface area contributed by atoms with E-state index < -0.39 is 11.9 Å². The average Bonchev–Trinajstić information content (AvgIpc) is 3.33. The predicted molar refractivity (Wildman–Crippen MR) is 112 cm³/mol. The largest absolute Gasteiger partial charge is 0.539 e. The number of benzene rings is 1. The maximum absolute atomic E-state index is 12.8. The summed E-state index contributed by atoms with van der Waals surface area (Å²) in [6.45, 7) is 4.68. The van der Waals surface area contributed by atoms with Crippen LogP contribution in [0, 0.1) is 5.92 Å². The molecule has 0 bridgehead atoms. The highest BCUT2D eigenvalue weighted by Gasteiger charge is 2.33. The number of likely N-dealkylation sites (tertiary alicyclic amines) is 2. The van der Waals surface area contributed by atoms with Crippen molar-refractivity contribution in [3.8, 4) is 17.2 Å². The second kappa shape index (κ2) is 12.1. The molecular formula is C22H32N2O8. The van der Waals surface area contributed by atoms with Crippen molar-refractivity contribution in [2.45, 2.75) is 32.2 Å². The van der Waals surface area contributed by atoms with Crippen molar-refractivity contribution < 1.29 is 43.7 Å². The fraction of sp³-hybridized carbons (Fsp3) is 0.591. The van der Waals surface area contributed by atoms with E-state index in [1.807, 2.05) is 12.1 Å². The molecule has 0 aromatic heterocycles. The third-order valence-corrected chi connectivity index (χ3v) is 5.79. The Morgan fingerprint density at radius 3 is 2.12 bits per heavy atom. The van der Waals surface area contributed by atoms with Gasteiger partial charge in [-0.05, 0) is 31.7 Å². The highest BCUT2D eigenvalue weighted by atomic mass is 16.5. The first-order valence-electron chi connectivity index (χ1n) is 10.7. The highest BCUT2D eigenvalue weighted by Crippen LogP contribution is 2.34. The van der Waals surface area contributed by atoms with Crippen LogP contribution in [0.4, 0.5) is 0 Å². The summed E-state index contributed by atoms with van der Waals surface area (Å²) in [6.07, 6.45) is 4.41. The summed E-state index contributed by atoms with van der Waals surface area (Å²) in [7, 11) is 4.95. The normalized spacial score (nSPS) is 20.0. The Kier molecular flexibility index (Phi) is 9.58. The van der Waals surface area contributed by atoms with Crippen molar-refractivity contribution in [1.29, 1.82) is 0 Å². The van der Waals surface area contributed by atoms with E-state index in [4.69, 9.17) is 34.0 Å². The molecule has 3 rings (SSSR count). The Morgan fingerprint density at radius 1 is 1.03 bits per heavy atom. The minimum atomic E-state index is -2.07. The van der Waals surface area contributed by atoms with Gasteiger partial charge in [0.1, 0.15) is 12.3 Å². The van der Waals surface area contributed by atoms with Crippen molar-refractivity contribution in [2.24, 2.45) is 5.92 Å². The molecular weight excluding hydrogens is 420 g/mol. The van der Waals surface area contributed by atoms with Crippen molar-refractivity contribution in [3.05, 3.63) is 17.7 Å². The molecule has 0 spiro atoms. The number of hydrogen-bond donors (Lipinski definition) is 2. The second-order valence-electron chi connectivity index (χ2n) is 7.86. The Bertz CT molecular complexity index is 795. The Hall–Kier alpha value is -3.01. The van der Waals surface area contributed by atoms with Crippen LogP contribution in [0.5, 0.6) is 17.2 Å². The van der Waals surface area contributed by atoms with Gasteiger partial charge in [-0.3, -0.25) is 4.79 Å². The van der Waals surface area contributed by atoms with Crippen LogP contribution in [0.25, 0.3) is 0 Å². The van der Waals surface area contributed by atoms with Crippen LogP contribution >= 0.6 is 0 Å². The van der Waals surface area contributed by atoms with E-state index in [1.54, 1.807) is 21.3 Å². The lowest BCUT2D eigenvalue weighted by molar-refractivity contribution is -0.921. The maximum Gasteiger partial charge on any atom is 0.351 e. The number of nitrogens with zero attached hydrogens (tertiary/aromatic N) is 1. The third kappa shape index (κ3) is 6.74. The quantitative estimate of drug-likeness (QED) is 0.523. The smallest absolute Gasteiger partial charge is 0.351 e. The van der Waals surface area contributed by atoms with Crippen molar-refractivity contribution in [3.63, 3.8) is 0 Å². The fourth-order valence-electron chi connectivity index (χ4n) is 4.22. The first kappa shape index (κ1) is 25.3. The van der Waals surface area contributed by atoms with E-state index in [1.165, 1.54) is 4.90 Å². The first-order chi connectivity index (χ1) is 15.3. The number of carbonyl (C=O) groups excluding carboxylic acids is 2. The summed E-state index contributed by atoms with van der Waals surface area (Å²) in [5, 5.41) is 16.3. The molecule has 178 valence electrons. The Balaban J connectivity index is 0.000000534. The zero-order valence-electron chi connectivity index (χ0n) is 18.8. The van der Waals surface area contributed by atoms with Crippen molar-refractivity contribution in [2.75, 3.05) is 47.5 Å². The molecule has 32 heavy (non-hydrogen) atoms. The van der Waals surface area contributed by atoms with E-state index in [2.05, 4.69) is 4.90 Å².